The molecule has 152 valence electrons. The minimum absolute atomic E-state index is 0.0965. The number of carbonyl (C=O) groups excluding carboxylic acids is 1. The number of nitrogens with zero attached hydrogens (tertiary/aromatic N) is 4. The molecule has 0 saturated carbocycles. The highest BCUT2D eigenvalue weighted by atomic mass is 16.2. The zero-order valence-electron chi connectivity index (χ0n) is 17.2. The van der Waals surface area contributed by atoms with Crippen LogP contribution in [0.15, 0.2) is 47.3 Å². The second-order valence-corrected chi connectivity index (χ2v) is 7.15. The molecule has 1 aromatic carbocycles. The second kappa shape index (κ2) is 9.32. The molecule has 0 aliphatic rings. The lowest BCUT2D eigenvalue weighted by Crippen LogP contribution is -2.36. The van der Waals surface area contributed by atoms with Gasteiger partial charge in [0.1, 0.15) is 6.54 Å². The molecule has 2 heterocycles. The Morgan fingerprint density at radius 1 is 1.10 bits per heavy atom. The summed E-state index contributed by atoms with van der Waals surface area (Å²) in [6, 6.07) is 13.4. The summed E-state index contributed by atoms with van der Waals surface area (Å²) in [6.45, 7) is 6.24. The van der Waals surface area contributed by atoms with Gasteiger partial charge in [-0.25, -0.2) is 9.67 Å². The average molecular weight is 393 g/mol. The van der Waals surface area contributed by atoms with Crippen LogP contribution in [0.4, 0.5) is 0 Å². The van der Waals surface area contributed by atoms with Crippen molar-refractivity contribution in [2.24, 2.45) is 0 Å². The Bertz CT molecular complexity index is 1040. The van der Waals surface area contributed by atoms with Gasteiger partial charge in [-0.05, 0) is 38.3 Å². The molecule has 0 saturated heterocycles. The number of hydrogen-bond donors (Lipinski definition) is 1. The van der Waals surface area contributed by atoms with Gasteiger partial charge in [-0.15, -0.1) is 0 Å². The molecule has 0 unspecified atom stereocenters. The third kappa shape index (κ3) is 5.19. The van der Waals surface area contributed by atoms with Crippen molar-refractivity contribution >= 4 is 5.91 Å². The molecular weight excluding hydrogens is 366 g/mol. The van der Waals surface area contributed by atoms with Crippen LogP contribution in [0.25, 0.3) is 5.95 Å². The number of hydrogen-bond acceptors (Lipinski definition) is 4. The van der Waals surface area contributed by atoms with Crippen LogP contribution >= 0.6 is 0 Å². The Hall–Kier alpha value is -3.22. The maximum absolute atomic E-state index is 12.8. The van der Waals surface area contributed by atoms with E-state index in [1.54, 1.807) is 4.68 Å². The summed E-state index contributed by atoms with van der Waals surface area (Å²) in [4.78, 5) is 29.9. The molecule has 0 atom stereocenters. The summed E-state index contributed by atoms with van der Waals surface area (Å²) < 4.78 is 3.02. The van der Waals surface area contributed by atoms with Crippen molar-refractivity contribution in [3.05, 3.63) is 75.5 Å². The minimum atomic E-state index is -0.246. The SMILES string of the molecule is CCCc1cc(=O)n(CC(=O)NCCc2ccccc2)c(-n2nc(C)cc2C)n1. The summed E-state index contributed by atoms with van der Waals surface area (Å²) in [5.74, 6) is 0.153. The molecule has 0 spiro atoms. The largest absolute Gasteiger partial charge is 0.354 e. The predicted octanol–water partition coefficient (Wildman–Crippen LogP) is 2.36. The molecule has 0 aliphatic carbocycles. The lowest BCUT2D eigenvalue weighted by atomic mass is 10.1. The molecule has 0 fully saturated rings. The summed E-state index contributed by atoms with van der Waals surface area (Å²) in [7, 11) is 0. The van der Waals surface area contributed by atoms with Crippen LogP contribution in [0.1, 0.15) is 36.0 Å². The van der Waals surface area contributed by atoms with E-state index in [9.17, 15) is 9.59 Å². The van der Waals surface area contributed by atoms with Crippen LogP contribution in [-0.2, 0) is 24.2 Å². The normalized spacial score (nSPS) is 10.9. The first kappa shape index (κ1) is 20.5. The van der Waals surface area contributed by atoms with Gasteiger partial charge in [-0.2, -0.15) is 5.10 Å². The molecule has 29 heavy (non-hydrogen) atoms. The maximum atomic E-state index is 12.8. The van der Waals surface area contributed by atoms with E-state index in [0.29, 0.717) is 24.6 Å². The van der Waals surface area contributed by atoms with Gasteiger partial charge in [0.2, 0.25) is 11.9 Å². The molecule has 7 nitrogen and oxygen atoms in total. The molecular formula is C22H27N5O2. The lowest BCUT2D eigenvalue weighted by molar-refractivity contribution is -0.121. The monoisotopic (exact) mass is 393 g/mol. The number of aryl methyl sites for hydroxylation is 3. The molecule has 1 amide bonds. The first-order chi connectivity index (χ1) is 14.0. The van der Waals surface area contributed by atoms with Crippen molar-refractivity contribution in [3.8, 4) is 5.95 Å². The summed E-state index contributed by atoms with van der Waals surface area (Å²) in [5.41, 5.74) is 3.31. The van der Waals surface area contributed by atoms with Crippen molar-refractivity contribution in [1.29, 1.82) is 0 Å². The first-order valence-electron chi connectivity index (χ1n) is 9.93. The van der Waals surface area contributed by atoms with Crippen molar-refractivity contribution in [2.45, 2.75) is 46.6 Å². The zero-order chi connectivity index (χ0) is 20.8. The van der Waals surface area contributed by atoms with E-state index in [4.69, 9.17) is 0 Å². The quantitative estimate of drug-likeness (QED) is 0.637. The van der Waals surface area contributed by atoms with Gasteiger partial charge < -0.3 is 5.32 Å². The third-order valence-electron chi connectivity index (χ3n) is 4.63. The van der Waals surface area contributed by atoms with Gasteiger partial charge in [-0.1, -0.05) is 43.7 Å². The number of nitrogens with one attached hydrogen (secondary N) is 1. The number of carbonyl (C=O) groups is 1. The summed E-state index contributed by atoms with van der Waals surface area (Å²) in [5, 5.41) is 7.34. The molecule has 3 aromatic rings. The highest BCUT2D eigenvalue weighted by Crippen LogP contribution is 2.10. The summed E-state index contributed by atoms with van der Waals surface area (Å²) >= 11 is 0. The third-order valence-corrected chi connectivity index (χ3v) is 4.63. The summed E-state index contributed by atoms with van der Waals surface area (Å²) in [6.07, 6.45) is 2.32. The molecule has 2 aromatic heterocycles. The highest BCUT2D eigenvalue weighted by molar-refractivity contribution is 5.75. The Kier molecular flexibility index (Phi) is 6.59. The zero-order valence-corrected chi connectivity index (χ0v) is 17.2. The van der Waals surface area contributed by atoms with E-state index >= 15 is 0 Å². The van der Waals surface area contributed by atoms with Crippen LogP contribution in [-0.4, -0.2) is 31.8 Å². The molecule has 1 N–H and O–H groups in total. The van der Waals surface area contributed by atoms with Crippen molar-refractivity contribution in [1.82, 2.24) is 24.6 Å². The number of aromatic nitrogens is 4. The van der Waals surface area contributed by atoms with Crippen molar-refractivity contribution in [3.63, 3.8) is 0 Å². The number of benzene rings is 1. The fourth-order valence-electron chi connectivity index (χ4n) is 3.26. The van der Waals surface area contributed by atoms with Crippen molar-refractivity contribution in [2.75, 3.05) is 6.54 Å². The lowest BCUT2D eigenvalue weighted by Gasteiger charge is -2.14. The Labute approximate surface area is 170 Å². The second-order valence-electron chi connectivity index (χ2n) is 7.15. The maximum Gasteiger partial charge on any atom is 0.255 e. The number of rotatable bonds is 8. The Morgan fingerprint density at radius 3 is 2.52 bits per heavy atom. The fraction of sp³-hybridized carbons (Fsp3) is 0.364. The number of amides is 1. The van der Waals surface area contributed by atoms with Gasteiger partial charge in [-0.3, -0.25) is 14.2 Å². The van der Waals surface area contributed by atoms with E-state index in [0.717, 1.165) is 29.8 Å². The van der Waals surface area contributed by atoms with Crippen LogP contribution in [0.2, 0.25) is 0 Å². The molecule has 0 radical (unpaired) electrons. The minimum Gasteiger partial charge on any atom is -0.354 e. The molecule has 0 aliphatic heterocycles. The fourth-order valence-corrected chi connectivity index (χ4v) is 3.26. The van der Waals surface area contributed by atoms with E-state index < -0.39 is 0 Å². The highest BCUT2D eigenvalue weighted by Gasteiger charge is 2.16. The van der Waals surface area contributed by atoms with Gasteiger partial charge in [0.05, 0.1) is 5.69 Å². The van der Waals surface area contributed by atoms with Gasteiger partial charge in [0.25, 0.3) is 5.56 Å². The molecule has 0 bridgehead atoms. The molecule has 3 rings (SSSR count). The Morgan fingerprint density at radius 2 is 1.86 bits per heavy atom. The van der Waals surface area contributed by atoms with Crippen LogP contribution < -0.4 is 10.9 Å². The van der Waals surface area contributed by atoms with E-state index in [-0.39, 0.29) is 18.0 Å². The topological polar surface area (TPSA) is 81.8 Å². The average Bonchev–Trinajstić information content (AvgIpc) is 3.03. The van der Waals surface area contributed by atoms with Crippen LogP contribution in [0, 0.1) is 13.8 Å². The van der Waals surface area contributed by atoms with Crippen molar-refractivity contribution < 1.29 is 4.79 Å². The van der Waals surface area contributed by atoms with Crippen LogP contribution in [0.5, 0.6) is 0 Å². The first-order valence-corrected chi connectivity index (χ1v) is 9.93. The molecule has 7 heteroatoms. The Balaban J connectivity index is 1.81. The van der Waals surface area contributed by atoms with Gasteiger partial charge in [0.15, 0.2) is 0 Å². The van der Waals surface area contributed by atoms with Gasteiger partial charge >= 0.3 is 0 Å². The van der Waals surface area contributed by atoms with Gasteiger partial charge in [0, 0.05) is 24.0 Å². The van der Waals surface area contributed by atoms with E-state index in [2.05, 4.69) is 15.4 Å². The predicted molar refractivity (Wildman–Crippen MR) is 112 cm³/mol. The standard InChI is InChI=1S/C22H27N5O2/c1-4-8-19-14-21(29)26(22(24-19)27-17(3)13-16(2)25-27)15-20(28)23-12-11-18-9-6-5-7-10-18/h5-7,9-10,13-14H,4,8,11-12,15H2,1-3H3,(H,23,28). The van der Waals surface area contributed by atoms with E-state index in [1.165, 1.54) is 10.6 Å². The van der Waals surface area contributed by atoms with E-state index in [1.807, 2.05) is 57.2 Å². The smallest absolute Gasteiger partial charge is 0.255 e. The van der Waals surface area contributed by atoms with Crippen LogP contribution in [0.3, 0.4) is 0 Å².